The molecule has 2 amide bonds. The second kappa shape index (κ2) is 10.9. The second-order valence-corrected chi connectivity index (χ2v) is 7.75. The summed E-state index contributed by atoms with van der Waals surface area (Å²) in [5.74, 6) is 0.298. The van der Waals surface area contributed by atoms with Gasteiger partial charge in [0, 0.05) is 23.1 Å². The lowest BCUT2D eigenvalue weighted by Crippen LogP contribution is -2.24. The van der Waals surface area contributed by atoms with Gasteiger partial charge in [-0.1, -0.05) is 47.5 Å². The Balaban J connectivity index is 1.62. The summed E-state index contributed by atoms with van der Waals surface area (Å²) in [6.07, 6.45) is 0. The highest BCUT2D eigenvalue weighted by molar-refractivity contribution is 6.31. The topological polar surface area (TPSA) is 76.7 Å². The van der Waals surface area contributed by atoms with Crippen LogP contribution in [0.5, 0.6) is 11.5 Å². The molecule has 0 saturated heterocycles. The van der Waals surface area contributed by atoms with Gasteiger partial charge in [-0.25, -0.2) is 0 Å². The van der Waals surface area contributed by atoms with E-state index < -0.39 is 0 Å². The third-order valence-electron chi connectivity index (χ3n) is 4.71. The number of carbonyl (C=O) groups is 2. The highest BCUT2D eigenvalue weighted by atomic mass is 35.5. The molecule has 0 unspecified atom stereocenters. The van der Waals surface area contributed by atoms with Gasteiger partial charge >= 0.3 is 0 Å². The Kier molecular flexibility index (Phi) is 7.98. The van der Waals surface area contributed by atoms with Gasteiger partial charge in [-0.2, -0.15) is 0 Å². The van der Waals surface area contributed by atoms with Crippen molar-refractivity contribution in [1.29, 1.82) is 0 Å². The maximum absolute atomic E-state index is 12.6. The maximum atomic E-state index is 12.6. The molecule has 8 heteroatoms. The van der Waals surface area contributed by atoms with Gasteiger partial charge in [0.1, 0.15) is 11.5 Å². The first-order valence-electron chi connectivity index (χ1n) is 9.72. The molecule has 6 nitrogen and oxygen atoms in total. The van der Waals surface area contributed by atoms with Crippen molar-refractivity contribution in [1.82, 2.24) is 10.6 Å². The first-order valence-corrected chi connectivity index (χ1v) is 10.5. The van der Waals surface area contributed by atoms with Crippen molar-refractivity contribution in [3.05, 3.63) is 93.0 Å². The van der Waals surface area contributed by atoms with E-state index in [1.165, 1.54) is 14.2 Å². The Morgan fingerprint density at radius 1 is 0.719 bits per heavy atom. The molecule has 0 aliphatic carbocycles. The molecular weight excluding hydrogens is 451 g/mol. The Morgan fingerprint density at radius 2 is 1.16 bits per heavy atom. The SMILES string of the molecule is COc1ccc(Cl)cc1C(=O)NCc1cccc(CNC(=O)c2cc(Cl)ccc2OC)c1. The minimum absolute atomic E-state index is 0.295. The molecule has 0 aliphatic rings. The molecule has 0 aromatic heterocycles. The van der Waals surface area contributed by atoms with E-state index in [4.69, 9.17) is 32.7 Å². The molecule has 0 radical (unpaired) electrons. The quantitative estimate of drug-likeness (QED) is 0.490. The van der Waals surface area contributed by atoms with Crippen LogP contribution in [0.3, 0.4) is 0 Å². The summed E-state index contributed by atoms with van der Waals surface area (Å²) >= 11 is 12.0. The van der Waals surface area contributed by atoms with Crippen molar-refractivity contribution < 1.29 is 19.1 Å². The van der Waals surface area contributed by atoms with Crippen LogP contribution in [0, 0.1) is 0 Å². The van der Waals surface area contributed by atoms with Crippen molar-refractivity contribution in [3.8, 4) is 11.5 Å². The van der Waals surface area contributed by atoms with Crippen LogP contribution in [0.1, 0.15) is 31.8 Å². The molecule has 0 fully saturated rings. The second-order valence-electron chi connectivity index (χ2n) is 6.87. The number of benzene rings is 3. The number of hydrogen-bond donors (Lipinski definition) is 2. The molecular formula is C24H22Cl2N2O4. The first-order chi connectivity index (χ1) is 15.4. The number of carbonyl (C=O) groups excluding carboxylic acids is 2. The molecule has 0 aliphatic heterocycles. The molecule has 2 N–H and O–H groups in total. The zero-order chi connectivity index (χ0) is 23.1. The van der Waals surface area contributed by atoms with E-state index in [1.807, 2.05) is 24.3 Å². The van der Waals surface area contributed by atoms with Gasteiger partial charge in [0.15, 0.2) is 0 Å². The molecule has 3 rings (SSSR count). The molecule has 32 heavy (non-hydrogen) atoms. The van der Waals surface area contributed by atoms with Gasteiger partial charge in [-0.3, -0.25) is 9.59 Å². The van der Waals surface area contributed by atoms with Crippen LogP contribution in [0.15, 0.2) is 60.7 Å². The molecule has 0 heterocycles. The summed E-state index contributed by atoms with van der Waals surface area (Å²) in [6, 6.07) is 17.3. The average molecular weight is 473 g/mol. The largest absolute Gasteiger partial charge is 0.496 e. The van der Waals surface area contributed by atoms with Crippen LogP contribution in [-0.2, 0) is 13.1 Å². The summed E-state index contributed by atoms with van der Waals surface area (Å²) in [5, 5.41) is 6.62. The van der Waals surface area contributed by atoms with Crippen molar-refractivity contribution in [2.45, 2.75) is 13.1 Å². The van der Waals surface area contributed by atoms with Gasteiger partial charge < -0.3 is 20.1 Å². The van der Waals surface area contributed by atoms with Crippen LogP contribution in [-0.4, -0.2) is 26.0 Å². The normalized spacial score (nSPS) is 10.4. The van der Waals surface area contributed by atoms with Crippen LogP contribution >= 0.6 is 23.2 Å². The smallest absolute Gasteiger partial charge is 0.255 e. The van der Waals surface area contributed by atoms with Crippen LogP contribution in [0.4, 0.5) is 0 Å². The number of amides is 2. The Bertz CT molecular complexity index is 1050. The lowest BCUT2D eigenvalue weighted by molar-refractivity contribution is 0.0940. The molecule has 0 atom stereocenters. The van der Waals surface area contributed by atoms with Gasteiger partial charge in [0.2, 0.25) is 0 Å². The van der Waals surface area contributed by atoms with Gasteiger partial charge in [0.25, 0.3) is 11.8 Å². The van der Waals surface area contributed by atoms with Crippen molar-refractivity contribution in [2.75, 3.05) is 14.2 Å². The zero-order valence-electron chi connectivity index (χ0n) is 17.6. The number of hydrogen-bond acceptors (Lipinski definition) is 4. The van der Waals surface area contributed by atoms with Gasteiger partial charge in [0.05, 0.1) is 25.3 Å². The number of halogens is 2. The zero-order valence-corrected chi connectivity index (χ0v) is 19.1. The Morgan fingerprint density at radius 3 is 1.56 bits per heavy atom. The number of ether oxygens (including phenoxy) is 2. The van der Waals surface area contributed by atoms with E-state index in [0.29, 0.717) is 45.8 Å². The summed E-state index contributed by atoms with van der Waals surface area (Å²) in [7, 11) is 2.99. The molecule has 166 valence electrons. The van der Waals surface area contributed by atoms with Crippen molar-refractivity contribution >= 4 is 35.0 Å². The highest BCUT2D eigenvalue weighted by Gasteiger charge is 2.14. The highest BCUT2D eigenvalue weighted by Crippen LogP contribution is 2.23. The predicted octanol–water partition coefficient (Wildman–Crippen LogP) is 4.87. The third kappa shape index (κ3) is 5.93. The monoisotopic (exact) mass is 472 g/mol. The van der Waals surface area contributed by atoms with E-state index in [-0.39, 0.29) is 11.8 Å². The van der Waals surface area contributed by atoms with E-state index in [0.717, 1.165) is 11.1 Å². The van der Waals surface area contributed by atoms with Gasteiger partial charge in [-0.15, -0.1) is 0 Å². The summed E-state index contributed by atoms with van der Waals surface area (Å²) in [5.41, 5.74) is 2.48. The van der Waals surface area contributed by atoms with Crippen LogP contribution < -0.4 is 20.1 Å². The Labute approximate surface area is 196 Å². The molecule has 0 bridgehead atoms. The van der Waals surface area contributed by atoms with E-state index >= 15 is 0 Å². The average Bonchev–Trinajstić information content (AvgIpc) is 2.81. The van der Waals surface area contributed by atoms with Crippen molar-refractivity contribution in [3.63, 3.8) is 0 Å². The standard InChI is InChI=1S/C24H22Cl2N2O4/c1-31-21-8-6-17(25)11-19(21)23(29)27-13-15-4-3-5-16(10-15)14-28-24(30)20-12-18(26)7-9-22(20)32-2/h3-12H,13-14H2,1-2H3,(H,27,29)(H,28,30). The lowest BCUT2D eigenvalue weighted by Gasteiger charge is -2.12. The maximum Gasteiger partial charge on any atom is 0.255 e. The van der Waals surface area contributed by atoms with Crippen LogP contribution in [0.25, 0.3) is 0 Å². The number of methoxy groups -OCH3 is 2. The van der Waals surface area contributed by atoms with E-state index in [9.17, 15) is 9.59 Å². The summed E-state index contributed by atoms with van der Waals surface area (Å²) < 4.78 is 10.5. The minimum atomic E-state index is -0.295. The van der Waals surface area contributed by atoms with Crippen molar-refractivity contribution in [2.24, 2.45) is 0 Å². The fourth-order valence-electron chi connectivity index (χ4n) is 3.12. The third-order valence-corrected chi connectivity index (χ3v) is 5.18. The lowest BCUT2D eigenvalue weighted by atomic mass is 10.1. The minimum Gasteiger partial charge on any atom is -0.496 e. The summed E-state index contributed by atoms with van der Waals surface area (Å²) in [6.45, 7) is 0.608. The fraction of sp³-hybridized carbons (Fsp3) is 0.167. The van der Waals surface area contributed by atoms with E-state index in [1.54, 1.807) is 36.4 Å². The molecule has 0 saturated carbocycles. The first kappa shape index (κ1) is 23.4. The Hall–Kier alpha value is -3.22. The van der Waals surface area contributed by atoms with E-state index in [2.05, 4.69) is 10.6 Å². The summed E-state index contributed by atoms with van der Waals surface area (Å²) in [4.78, 5) is 25.1. The number of nitrogens with one attached hydrogen (secondary N) is 2. The molecule has 3 aromatic carbocycles. The van der Waals surface area contributed by atoms with Crippen LogP contribution in [0.2, 0.25) is 10.0 Å². The fourth-order valence-corrected chi connectivity index (χ4v) is 3.46. The molecule has 3 aromatic rings. The predicted molar refractivity (Wildman–Crippen MR) is 125 cm³/mol. The molecule has 0 spiro atoms. The van der Waals surface area contributed by atoms with Gasteiger partial charge in [-0.05, 0) is 47.5 Å². The number of rotatable bonds is 8.